The molecule has 2 aromatic carbocycles. The van der Waals surface area contributed by atoms with Gasteiger partial charge in [-0.15, -0.1) is 0 Å². The fraction of sp³-hybridized carbons (Fsp3) is 0.360. The van der Waals surface area contributed by atoms with Crippen LogP contribution in [0.5, 0.6) is 5.75 Å². The zero-order valence-corrected chi connectivity index (χ0v) is 18.3. The topological polar surface area (TPSA) is 72.2 Å². The summed E-state index contributed by atoms with van der Waals surface area (Å²) in [6.07, 6.45) is -0.613. The number of aryl methyl sites for hydroxylation is 2. The first-order valence-electron chi connectivity index (χ1n) is 10.9. The summed E-state index contributed by atoms with van der Waals surface area (Å²) in [6.45, 7) is 7.16. The number of benzene rings is 2. The number of anilines is 1. The molecule has 0 radical (unpaired) electrons. The van der Waals surface area contributed by atoms with Crippen LogP contribution < -0.4 is 15.3 Å². The minimum absolute atomic E-state index is 0.0308. The van der Waals surface area contributed by atoms with Crippen molar-refractivity contribution < 1.29 is 18.7 Å². The molecule has 7 heteroatoms. The van der Waals surface area contributed by atoms with Crippen LogP contribution in [0.4, 0.5) is 5.69 Å². The molecule has 3 heterocycles. The molecule has 7 nitrogen and oxygen atoms in total. The van der Waals surface area contributed by atoms with Gasteiger partial charge >= 0.3 is 5.63 Å². The van der Waals surface area contributed by atoms with Gasteiger partial charge in [0.2, 0.25) is 0 Å². The molecule has 1 amide bonds. The average Bonchev–Trinajstić information content (AvgIpc) is 2.80. The minimum atomic E-state index is -0.613. The van der Waals surface area contributed by atoms with Crippen molar-refractivity contribution in [3.05, 3.63) is 69.6 Å². The lowest BCUT2D eigenvalue weighted by atomic mass is 10.0. The number of amides is 1. The van der Waals surface area contributed by atoms with Crippen molar-refractivity contribution in [1.29, 1.82) is 0 Å². The van der Waals surface area contributed by atoms with E-state index in [1.807, 2.05) is 44.2 Å². The summed E-state index contributed by atoms with van der Waals surface area (Å²) in [5.74, 6) is 0.640. The van der Waals surface area contributed by atoms with Crippen molar-refractivity contribution in [2.45, 2.75) is 26.5 Å². The van der Waals surface area contributed by atoms with Crippen LogP contribution in [0, 0.1) is 13.8 Å². The van der Waals surface area contributed by atoms with Gasteiger partial charge in [0.05, 0.1) is 25.4 Å². The van der Waals surface area contributed by atoms with Gasteiger partial charge in [0.15, 0.2) is 6.10 Å². The predicted octanol–water partition coefficient (Wildman–Crippen LogP) is 3.04. The van der Waals surface area contributed by atoms with Crippen molar-refractivity contribution in [2.24, 2.45) is 0 Å². The van der Waals surface area contributed by atoms with Crippen LogP contribution in [-0.2, 0) is 16.1 Å². The summed E-state index contributed by atoms with van der Waals surface area (Å²) >= 11 is 0. The summed E-state index contributed by atoms with van der Waals surface area (Å²) in [5.41, 5.74) is 4.19. The van der Waals surface area contributed by atoms with E-state index in [4.69, 9.17) is 13.9 Å². The number of morpholine rings is 1. The molecule has 0 aliphatic carbocycles. The number of rotatable bonds is 3. The van der Waals surface area contributed by atoms with Gasteiger partial charge in [0.25, 0.3) is 5.91 Å². The maximum Gasteiger partial charge on any atom is 0.336 e. The van der Waals surface area contributed by atoms with Crippen molar-refractivity contribution in [3.8, 4) is 5.75 Å². The van der Waals surface area contributed by atoms with Crippen LogP contribution in [-0.4, -0.2) is 49.8 Å². The smallest absolute Gasteiger partial charge is 0.336 e. The molecule has 166 valence electrons. The Hall–Kier alpha value is -3.32. The van der Waals surface area contributed by atoms with Gasteiger partial charge < -0.3 is 23.7 Å². The molecule has 1 aromatic heterocycles. The molecule has 0 N–H and O–H groups in total. The molecule has 1 fully saturated rings. The molecule has 0 spiro atoms. The summed E-state index contributed by atoms with van der Waals surface area (Å²) < 4.78 is 17.0. The Bertz CT molecular complexity index is 1230. The Morgan fingerprint density at radius 2 is 1.81 bits per heavy atom. The van der Waals surface area contributed by atoms with Gasteiger partial charge in [-0.25, -0.2) is 4.79 Å². The van der Waals surface area contributed by atoms with Gasteiger partial charge in [-0.2, -0.15) is 0 Å². The third-order valence-electron chi connectivity index (χ3n) is 6.27. The number of carbonyl (C=O) groups is 1. The van der Waals surface area contributed by atoms with Crippen LogP contribution in [0.25, 0.3) is 11.0 Å². The summed E-state index contributed by atoms with van der Waals surface area (Å²) in [6, 6.07) is 13.2. The maximum absolute atomic E-state index is 13.2. The first-order chi connectivity index (χ1) is 15.5. The molecular formula is C25H26N2O5. The second-order valence-electron chi connectivity index (χ2n) is 8.42. The van der Waals surface area contributed by atoms with Crippen molar-refractivity contribution >= 4 is 22.6 Å². The van der Waals surface area contributed by atoms with Crippen LogP contribution >= 0.6 is 0 Å². The molecule has 2 aliphatic heterocycles. The minimum Gasteiger partial charge on any atom is -0.477 e. The molecule has 3 aromatic rings. The standard InChI is InChI=1S/C25H26N2O5/c1-16-11-19-18(13-24(28)32-22(19)12-17(16)2)14-27-15-23(25(29)26-7-9-30-10-8-26)31-21-6-4-3-5-20(21)27/h3-6,11-13,23H,7-10,14-15H2,1-2H3/t23-/m0/s1. The molecule has 0 saturated carbocycles. The van der Waals surface area contributed by atoms with Gasteiger partial charge in [-0.3, -0.25) is 4.79 Å². The molecule has 2 aliphatic rings. The molecule has 1 atom stereocenters. The van der Waals surface area contributed by atoms with Crippen molar-refractivity contribution in [2.75, 3.05) is 37.7 Å². The number of ether oxygens (including phenoxy) is 2. The van der Waals surface area contributed by atoms with Crippen molar-refractivity contribution in [3.63, 3.8) is 0 Å². The van der Waals surface area contributed by atoms with E-state index in [0.717, 1.165) is 27.8 Å². The zero-order valence-electron chi connectivity index (χ0n) is 18.3. The Kier molecular flexibility index (Phi) is 5.35. The van der Waals surface area contributed by atoms with Crippen molar-refractivity contribution in [1.82, 2.24) is 4.90 Å². The van der Waals surface area contributed by atoms with E-state index in [1.54, 1.807) is 11.0 Å². The second kappa shape index (κ2) is 8.31. The number of hydrogen-bond acceptors (Lipinski definition) is 6. The van der Waals surface area contributed by atoms with Gasteiger partial charge in [-0.05, 0) is 54.8 Å². The Balaban J connectivity index is 1.50. The maximum atomic E-state index is 13.2. The number of hydrogen-bond donors (Lipinski definition) is 0. The summed E-state index contributed by atoms with van der Waals surface area (Å²) in [4.78, 5) is 29.4. The SMILES string of the molecule is Cc1cc2oc(=O)cc(CN3C[C@@H](C(=O)N4CCOCC4)Oc4ccccc43)c2cc1C. The highest BCUT2D eigenvalue weighted by molar-refractivity contribution is 5.84. The largest absolute Gasteiger partial charge is 0.477 e. The van der Waals surface area contributed by atoms with E-state index in [9.17, 15) is 9.59 Å². The van der Waals surface area contributed by atoms with E-state index in [-0.39, 0.29) is 11.5 Å². The van der Waals surface area contributed by atoms with Crippen LogP contribution in [0.2, 0.25) is 0 Å². The third kappa shape index (κ3) is 3.84. The molecule has 5 rings (SSSR count). The fourth-order valence-electron chi connectivity index (χ4n) is 4.39. The highest BCUT2D eigenvalue weighted by atomic mass is 16.5. The van der Waals surface area contributed by atoms with Crippen LogP contribution in [0.1, 0.15) is 16.7 Å². The monoisotopic (exact) mass is 434 g/mol. The highest BCUT2D eigenvalue weighted by Crippen LogP contribution is 2.35. The zero-order chi connectivity index (χ0) is 22.2. The molecule has 0 unspecified atom stereocenters. The fourth-order valence-corrected chi connectivity index (χ4v) is 4.39. The van der Waals surface area contributed by atoms with E-state index in [0.29, 0.717) is 50.7 Å². The highest BCUT2D eigenvalue weighted by Gasteiger charge is 2.34. The first kappa shape index (κ1) is 20.6. The summed E-state index contributed by atoms with van der Waals surface area (Å²) in [5, 5.41) is 0.910. The Morgan fingerprint density at radius 3 is 2.62 bits per heavy atom. The van der Waals surface area contributed by atoms with E-state index >= 15 is 0 Å². The number of fused-ring (bicyclic) bond motifs is 2. The van der Waals surface area contributed by atoms with E-state index in [2.05, 4.69) is 11.0 Å². The second-order valence-corrected chi connectivity index (χ2v) is 8.42. The normalized spacial score (nSPS) is 18.4. The average molecular weight is 434 g/mol. The first-order valence-corrected chi connectivity index (χ1v) is 10.9. The molecule has 1 saturated heterocycles. The van der Waals surface area contributed by atoms with Crippen LogP contribution in [0.15, 0.2) is 51.7 Å². The lowest BCUT2D eigenvalue weighted by Gasteiger charge is -2.38. The van der Waals surface area contributed by atoms with Gasteiger partial charge in [0.1, 0.15) is 11.3 Å². The number of carbonyl (C=O) groups excluding carboxylic acids is 1. The van der Waals surface area contributed by atoms with E-state index < -0.39 is 6.10 Å². The quantitative estimate of drug-likeness (QED) is 0.590. The predicted molar refractivity (Wildman–Crippen MR) is 121 cm³/mol. The Labute approximate surface area is 186 Å². The Morgan fingerprint density at radius 1 is 1.06 bits per heavy atom. The molecule has 32 heavy (non-hydrogen) atoms. The molecular weight excluding hydrogens is 408 g/mol. The van der Waals surface area contributed by atoms with Gasteiger partial charge in [0, 0.05) is 31.1 Å². The lowest BCUT2D eigenvalue weighted by Crippen LogP contribution is -2.52. The number of nitrogens with zero attached hydrogens (tertiary/aromatic N) is 2. The van der Waals surface area contributed by atoms with Gasteiger partial charge in [-0.1, -0.05) is 12.1 Å². The van der Waals surface area contributed by atoms with E-state index in [1.165, 1.54) is 0 Å². The molecule has 0 bridgehead atoms. The van der Waals surface area contributed by atoms with Crippen LogP contribution in [0.3, 0.4) is 0 Å². The number of para-hydroxylation sites is 2. The third-order valence-corrected chi connectivity index (χ3v) is 6.27. The lowest BCUT2D eigenvalue weighted by molar-refractivity contribution is -0.142. The summed E-state index contributed by atoms with van der Waals surface area (Å²) in [7, 11) is 0.